The summed E-state index contributed by atoms with van der Waals surface area (Å²) in [4.78, 5) is 14.5. The Morgan fingerprint density at radius 2 is 1.85 bits per heavy atom. The predicted molar refractivity (Wildman–Crippen MR) is 85.2 cm³/mol. The number of amides is 1. The highest BCUT2D eigenvalue weighted by Gasteiger charge is 2.43. The number of fused-ring (bicyclic) bond motifs is 1. The maximum atomic E-state index is 12.4. The van der Waals surface area contributed by atoms with Crippen LogP contribution in [0.3, 0.4) is 0 Å². The molecule has 0 aromatic heterocycles. The van der Waals surface area contributed by atoms with Gasteiger partial charge in [-0.1, -0.05) is 51.8 Å². The first-order chi connectivity index (χ1) is 9.55. The summed E-state index contributed by atoms with van der Waals surface area (Å²) in [6.45, 7) is 8.46. The fourth-order valence-electron chi connectivity index (χ4n) is 4.12. The first-order valence-electron chi connectivity index (χ1n) is 7.95. The molecular formula is C18H27NO. The maximum Gasteiger partial charge on any atom is 0.224 e. The molecule has 1 aromatic rings. The molecule has 0 saturated heterocycles. The van der Waals surface area contributed by atoms with E-state index < -0.39 is 0 Å². The zero-order valence-electron chi connectivity index (χ0n) is 13.3. The molecule has 2 heteroatoms. The van der Waals surface area contributed by atoms with Crippen LogP contribution in [-0.2, 0) is 4.79 Å². The van der Waals surface area contributed by atoms with Crippen molar-refractivity contribution in [3.8, 4) is 0 Å². The molecule has 110 valence electrons. The Morgan fingerprint density at radius 1 is 1.25 bits per heavy atom. The van der Waals surface area contributed by atoms with Crippen molar-refractivity contribution in [3.63, 3.8) is 0 Å². The molecular weight excluding hydrogens is 246 g/mol. The zero-order chi connectivity index (χ0) is 14.8. The molecule has 0 fully saturated rings. The fraction of sp³-hybridized carbons (Fsp3) is 0.611. The van der Waals surface area contributed by atoms with Gasteiger partial charge >= 0.3 is 0 Å². The van der Waals surface area contributed by atoms with Crippen LogP contribution in [-0.4, -0.2) is 11.4 Å². The van der Waals surface area contributed by atoms with Gasteiger partial charge in [0.25, 0.3) is 0 Å². The van der Waals surface area contributed by atoms with Crippen molar-refractivity contribution in [3.05, 3.63) is 29.8 Å². The molecule has 0 bridgehead atoms. The van der Waals surface area contributed by atoms with Crippen LogP contribution in [0, 0.1) is 0 Å². The van der Waals surface area contributed by atoms with Crippen LogP contribution in [0.15, 0.2) is 24.3 Å². The van der Waals surface area contributed by atoms with E-state index in [1.165, 1.54) is 5.56 Å². The lowest BCUT2D eigenvalue weighted by atomic mass is 9.73. The molecule has 1 unspecified atom stereocenters. The number of nitrogens with zero attached hydrogens (tertiary/aromatic N) is 1. The lowest BCUT2D eigenvalue weighted by Gasteiger charge is -2.50. The van der Waals surface area contributed by atoms with Crippen LogP contribution >= 0.6 is 0 Å². The van der Waals surface area contributed by atoms with Gasteiger partial charge < -0.3 is 4.90 Å². The minimum atomic E-state index is 0.0170. The molecule has 1 aliphatic rings. The first-order valence-corrected chi connectivity index (χ1v) is 7.95. The van der Waals surface area contributed by atoms with Crippen molar-refractivity contribution in [2.75, 3.05) is 4.90 Å². The van der Waals surface area contributed by atoms with E-state index in [1.807, 2.05) is 0 Å². The molecule has 2 nitrogen and oxygen atoms in total. The summed E-state index contributed by atoms with van der Waals surface area (Å²) >= 11 is 0. The molecule has 1 atom stereocenters. The van der Waals surface area contributed by atoms with Crippen molar-refractivity contribution in [2.45, 2.75) is 71.3 Å². The quantitative estimate of drug-likeness (QED) is 0.765. The Kier molecular flexibility index (Phi) is 4.52. The average Bonchev–Trinajstić information content (AvgIpc) is 2.39. The van der Waals surface area contributed by atoms with E-state index in [2.05, 4.69) is 49.9 Å². The van der Waals surface area contributed by atoms with E-state index in [0.717, 1.165) is 37.8 Å². The summed E-state index contributed by atoms with van der Waals surface area (Å²) in [6.07, 6.45) is 5.53. The standard InChI is InChI=1S/C18H27NO/c1-5-11-18(12-6-2)13-14(3)16-9-7-8-10-17(16)19(18)15(4)20/h7-10,14H,5-6,11-13H2,1-4H3. The molecule has 1 aromatic carbocycles. The number of carbonyl (C=O) groups is 1. The Labute approximate surface area is 123 Å². The third-order valence-electron chi connectivity index (χ3n) is 4.61. The molecule has 0 N–H and O–H groups in total. The van der Waals surface area contributed by atoms with Crippen LogP contribution in [0.4, 0.5) is 5.69 Å². The smallest absolute Gasteiger partial charge is 0.224 e. The summed E-state index contributed by atoms with van der Waals surface area (Å²) in [7, 11) is 0. The van der Waals surface area contributed by atoms with Crippen molar-refractivity contribution >= 4 is 11.6 Å². The minimum Gasteiger partial charge on any atom is -0.306 e. The highest BCUT2D eigenvalue weighted by molar-refractivity contribution is 5.94. The third-order valence-corrected chi connectivity index (χ3v) is 4.61. The Bertz CT molecular complexity index is 474. The average molecular weight is 273 g/mol. The van der Waals surface area contributed by atoms with Crippen molar-refractivity contribution in [1.29, 1.82) is 0 Å². The maximum absolute atomic E-state index is 12.4. The number of anilines is 1. The largest absolute Gasteiger partial charge is 0.306 e. The second kappa shape index (κ2) is 5.99. The second-order valence-electron chi connectivity index (χ2n) is 6.24. The summed E-state index contributed by atoms with van der Waals surface area (Å²) in [6, 6.07) is 8.43. The van der Waals surface area contributed by atoms with Crippen LogP contribution in [0.25, 0.3) is 0 Å². The first kappa shape index (κ1) is 15.1. The number of hydrogen-bond donors (Lipinski definition) is 0. The van der Waals surface area contributed by atoms with Gasteiger partial charge in [0, 0.05) is 18.2 Å². The molecule has 1 heterocycles. The number of benzene rings is 1. The lowest BCUT2D eigenvalue weighted by Crippen LogP contribution is -2.54. The molecule has 20 heavy (non-hydrogen) atoms. The molecule has 0 aliphatic carbocycles. The van der Waals surface area contributed by atoms with Crippen molar-refractivity contribution in [2.24, 2.45) is 0 Å². The molecule has 1 aliphatic heterocycles. The van der Waals surface area contributed by atoms with Gasteiger partial charge in [-0.3, -0.25) is 4.79 Å². The topological polar surface area (TPSA) is 20.3 Å². The molecule has 1 amide bonds. The Balaban J connectivity index is 2.56. The van der Waals surface area contributed by atoms with E-state index in [0.29, 0.717) is 5.92 Å². The van der Waals surface area contributed by atoms with Crippen LogP contribution in [0.5, 0.6) is 0 Å². The second-order valence-corrected chi connectivity index (χ2v) is 6.24. The summed E-state index contributed by atoms with van der Waals surface area (Å²) in [5, 5.41) is 0. The number of para-hydroxylation sites is 1. The van der Waals surface area contributed by atoms with Gasteiger partial charge in [0.15, 0.2) is 0 Å². The Hall–Kier alpha value is -1.31. The van der Waals surface area contributed by atoms with E-state index in [1.54, 1.807) is 6.92 Å². The molecule has 0 saturated carbocycles. The van der Waals surface area contributed by atoms with Gasteiger partial charge in [-0.2, -0.15) is 0 Å². The van der Waals surface area contributed by atoms with Gasteiger partial charge in [-0.25, -0.2) is 0 Å². The van der Waals surface area contributed by atoms with Crippen LogP contribution in [0.1, 0.15) is 71.3 Å². The zero-order valence-corrected chi connectivity index (χ0v) is 13.3. The van der Waals surface area contributed by atoms with Crippen molar-refractivity contribution < 1.29 is 4.79 Å². The summed E-state index contributed by atoms with van der Waals surface area (Å²) in [5.74, 6) is 0.714. The SMILES string of the molecule is CCCC1(CCC)CC(C)c2ccccc2N1C(C)=O. The highest BCUT2D eigenvalue weighted by atomic mass is 16.2. The normalized spacial score (nSPS) is 20.6. The Morgan fingerprint density at radius 3 is 2.40 bits per heavy atom. The van der Waals surface area contributed by atoms with Gasteiger partial charge in [-0.15, -0.1) is 0 Å². The summed E-state index contributed by atoms with van der Waals surface area (Å²) in [5.41, 5.74) is 2.48. The number of hydrogen-bond acceptors (Lipinski definition) is 1. The van der Waals surface area contributed by atoms with Gasteiger partial charge in [-0.05, 0) is 36.8 Å². The van der Waals surface area contributed by atoms with Crippen LogP contribution < -0.4 is 4.90 Å². The number of rotatable bonds is 4. The van der Waals surface area contributed by atoms with E-state index in [-0.39, 0.29) is 11.4 Å². The third kappa shape index (κ3) is 2.48. The molecule has 2 rings (SSSR count). The summed E-state index contributed by atoms with van der Waals surface area (Å²) < 4.78 is 0. The van der Waals surface area contributed by atoms with E-state index in [4.69, 9.17) is 0 Å². The monoisotopic (exact) mass is 273 g/mol. The highest BCUT2D eigenvalue weighted by Crippen LogP contribution is 2.47. The number of carbonyl (C=O) groups excluding carboxylic acids is 1. The minimum absolute atomic E-state index is 0.0170. The molecule has 0 radical (unpaired) electrons. The van der Waals surface area contributed by atoms with Gasteiger partial charge in [0.1, 0.15) is 0 Å². The fourth-order valence-corrected chi connectivity index (χ4v) is 4.12. The van der Waals surface area contributed by atoms with E-state index >= 15 is 0 Å². The van der Waals surface area contributed by atoms with Crippen LogP contribution in [0.2, 0.25) is 0 Å². The van der Waals surface area contributed by atoms with Gasteiger partial charge in [0.05, 0.1) is 0 Å². The van der Waals surface area contributed by atoms with E-state index in [9.17, 15) is 4.79 Å². The molecule has 0 spiro atoms. The van der Waals surface area contributed by atoms with Gasteiger partial charge in [0.2, 0.25) is 5.91 Å². The predicted octanol–water partition coefficient (Wildman–Crippen LogP) is 4.89. The van der Waals surface area contributed by atoms with Crippen molar-refractivity contribution in [1.82, 2.24) is 0 Å². The lowest BCUT2D eigenvalue weighted by molar-refractivity contribution is -0.118.